The van der Waals surface area contributed by atoms with Crippen LogP contribution in [0.25, 0.3) is 0 Å². The molecule has 0 radical (unpaired) electrons. The smallest absolute Gasteiger partial charge is 0.270 e. The highest BCUT2D eigenvalue weighted by molar-refractivity contribution is 6.39. The molecule has 0 saturated carbocycles. The van der Waals surface area contributed by atoms with Gasteiger partial charge in [-0.15, -0.1) is 0 Å². The van der Waals surface area contributed by atoms with Crippen LogP contribution in [-0.4, -0.2) is 48.1 Å². The molecule has 0 aliphatic carbocycles. The van der Waals surface area contributed by atoms with Crippen LogP contribution in [0.15, 0.2) is 29.4 Å². The third-order valence-electron chi connectivity index (χ3n) is 3.45. The lowest BCUT2D eigenvalue weighted by atomic mass is 10.1. The van der Waals surface area contributed by atoms with Gasteiger partial charge in [-0.05, 0) is 24.6 Å². The summed E-state index contributed by atoms with van der Waals surface area (Å²) in [5.41, 5.74) is 1.44. The van der Waals surface area contributed by atoms with Crippen LogP contribution in [0, 0.1) is 0 Å². The molecule has 1 aromatic carbocycles. The number of amides is 2. The number of ether oxygens (including phenoxy) is 1. The van der Waals surface area contributed by atoms with E-state index in [1.54, 1.807) is 19.0 Å². The number of carbonyl (C=O) groups is 2. The second-order valence-electron chi connectivity index (χ2n) is 5.20. The van der Waals surface area contributed by atoms with E-state index in [0.29, 0.717) is 31.7 Å². The Morgan fingerprint density at radius 2 is 2.00 bits per heavy atom. The molecule has 118 valence electrons. The molecular weight excluding hydrogens is 282 g/mol. The Kier molecular flexibility index (Phi) is 5.14. The summed E-state index contributed by atoms with van der Waals surface area (Å²) >= 11 is 0. The van der Waals surface area contributed by atoms with E-state index >= 15 is 0 Å². The Hall–Kier alpha value is -2.37. The Bertz CT molecular complexity index is 581. The first-order valence-corrected chi connectivity index (χ1v) is 7.32. The number of hydrogen-bond donors (Lipinski definition) is 0. The van der Waals surface area contributed by atoms with Crippen LogP contribution >= 0.6 is 0 Å². The second-order valence-corrected chi connectivity index (χ2v) is 5.20. The van der Waals surface area contributed by atoms with Crippen molar-refractivity contribution >= 4 is 17.5 Å². The van der Waals surface area contributed by atoms with Gasteiger partial charge < -0.3 is 9.64 Å². The van der Waals surface area contributed by atoms with E-state index in [4.69, 9.17) is 4.74 Å². The van der Waals surface area contributed by atoms with Gasteiger partial charge in [0.15, 0.2) is 0 Å². The number of carbonyl (C=O) groups excluding carboxylic acids is 2. The molecule has 2 amide bonds. The average molecular weight is 303 g/mol. The van der Waals surface area contributed by atoms with Gasteiger partial charge in [0.1, 0.15) is 11.5 Å². The van der Waals surface area contributed by atoms with Gasteiger partial charge in [-0.25, -0.2) is 5.01 Å². The molecule has 0 aromatic heterocycles. The van der Waals surface area contributed by atoms with Crippen molar-refractivity contribution in [2.24, 2.45) is 5.10 Å². The summed E-state index contributed by atoms with van der Waals surface area (Å²) in [5, 5.41) is 5.29. The largest absolute Gasteiger partial charge is 0.494 e. The van der Waals surface area contributed by atoms with Crippen molar-refractivity contribution in [3.63, 3.8) is 0 Å². The van der Waals surface area contributed by atoms with E-state index in [1.807, 2.05) is 31.2 Å². The average Bonchev–Trinajstić information content (AvgIpc) is 2.51. The molecule has 0 saturated heterocycles. The van der Waals surface area contributed by atoms with Crippen molar-refractivity contribution in [1.82, 2.24) is 9.91 Å². The zero-order valence-corrected chi connectivity index (χ0v) is 13.2. The number of hydrogen-bond acceptors (Lipinski definition) is 4. The fourth-order valence-electron chi connectivity index (χ4n) is 2.25. The summed E-state index contributed by atoms with van der Waals surface area (Å²) in [7, 11) is 3.30. The van der Waals surface area contributed by atoms with Gasteiger partial charge in [0.25, 0.3) is 5.91 Å². The summed E-state index contributed by atoms with van der Waals surface area (Å²) in [6.07, 6.45) is 0.730. The number of hydrazone groups is 1. The SMILES string of the molecule is CCOc1ccc(CN(C)C(=O)C2=NN(C)C(=O)CC2)cc1. The van der Waals surface area contributed by atoms with E-state index < -0.39 is 0 Å². The summed E-state index contributed by atoms with van der Waals surface area (Å²) < 4.78 is 5.39. The Balaban J connectivity index is 1.99. The fourth-order valence-corrected chi connectivity index (χ4v) is 2.25. The predicted molar refractivity (Wildman–Crippen MR) is 83.5 cm³/mol. The first-order valence-electron chi connectivity index (χ1n) is 7.32. The molecule has 1 aliphatic rings. The van der Waals surface area contributed by atoms with Gasteiger partial charge in [-0.3, -0.25) is 9.59 Å². The molecular formula is C16H21N3O3. The van der Waals surface area contributed by atoms with Crippen molar-refractivity contribution in [3.8, 4) is 5.75 Å². The van der Waals surface area contributed by atoms with Crippen molar-refractivity contribution in [2.75, 3.05) is 20.7 Å². The first kappa shape index (κ1) is 16.0. The van der Waals surface area contributed by atoms with Crippen molar-refractivity contribution < 1.29 is 14.3 Å². The van der Waals surface area contributed by atoms with E-state index in [-0.39, 0.29) is 11.8 Å². The molecule has 1 heterocycles. The molecule has 0 fully saturated rings. The highest BCUT2D eigenvalue weighted by Crippen LogP contribution is 2.14. The topological polar surface area (TPSA) is 62.2 Å². The van der Waals surface area contributed by atoms with E-state index in [1.165, 1.54) is 5.01 Å². The Morgan fingerprint density at radius 3 is 2.59 bits per heavy atom. The summed E-state index contributed by atoms with van der Waals surface area (Å²) in [5.74, 6) is 0.607. The molecule has 6 heteroatoms. The van der Waals surface area contributed by atoms with Gasteiger partial charge in [-0.2, -0.15) is 5.10 Å². The Labute approximate surface area is 130 Å². The van der Waals surface area contributed by atoms with Gasteiger partial charge in [0, 0.05) is 33.5 Å². The van der Waals surface area contributed by atoms with Gasteiger partial charge in [0.05, 0.1) is 6.61 Å². The van der Waals surface area contributed by atoms with Gasteiger partial charge in [0.2, 0.25) is 5.91 Å². The van der Waals surface area contributed by atoms with Crippen LogP contribution in [0.5, 0.6) is 5.75 Å². The summed E-state index contributed by atoms with van der Waals surface area (Å²) in [6, 6.07) is 7.66. The highest BCUT2D eigenvalue weighted by atomic mass is 16.5. The van der Waals surface area contributed by atoms with Crippen molar-refractivity contribution in [2.45, 2.75) is 26.3 Å². The molecule has 6 nitrogen and oxygen atoms in total. The molecule has 1 aliphatic heterocycles. The second kappa shape index (κ2) is 7.06. The maximum absolute atomic E-state index is 12.4. The lowest BCUT2D eigenvalue weighted by Gasteiger charge is -2.23. The van der Waals surface area contributed by atoms with Crippen molar-refractivity contribution in [1.29, 1.82) is 0 Å². The molecule has 0 N–H and O–H groups in total. The van der Waals surface area contributed by atoms with E-state index in [2.05, 4.69) is 5.10 Å². The number of benzene rings is 1. The summed E-state index contributed by atoms with van der Waals surface area (Å²) in [4.78, 5) is 25.4. The van der Waals surface area contributed by atoms with Crippen LogP contribution < -0.4 is 4.74 Å². The van der Waals surface area contributed by atoms with Crippen LogP contribution in [0.2, 0.25) is 0 Å². The molecule has 0 unspecified atom stereocenters. The highest BCUT2D eigenvalue weighted by Gasteiger charge is 2.24. The third kappa shape index (κ3) is 3.84. The minimum atomic E-state index is -0.145. The van der Waals surface area contributed by atoms with Gasteiger partial charge in [-0.1, -0.05) is 12.1 Å². The Morgan fingerprint density at radius 1 is 1.32 bits per heavy atom. The number of rotatable bonds is 5. The third-order valence-corrected chi connectivity index (χ3v) is 3.45. The number of nitrogens with zero attached hydrogens (tertiary/aromatic N) is 3. The minimum absolute atomic E-state index is 0.0642. The van der Waals surface area contributed by atoms with Crippen LogP contribution in [0.4, 0.5) is 0 Å². The van der Waals surface area contributed by atoms with Crippen molar-refractivity contribution in [3.05, 3.63) is 29.8 Å². The summed E-state index contributed by atoms with van der Waals surface area (Å²) in [6.45, 7) is 3.05. The van der Waals surface area contributed by atoms with E-state index in [9.17, 15) is 9.59 Å². The molecule has 22 heavy (non-hydrogen) atoms. The molecule has 1 aromatic rings. The van der Waals surface area contributed by atoms with Gasteiger partial charge >= 0.3 is 0 Å². The normalized spacial score (nSPS) is 14.6. The minimum Gasteiger partial charge on any atom is -0.494 e. The standard InChI is InChI=1S/C16H21N3O3/c1-4-22-13-7-5-12(6-8-13)11-18(2)16(21)14-9-10-15(20)19(3)17-14/h5-8H,4,9-11H2,1-3H3. The molecule has 0 spiro atoms. The van der Waals surface area contributed by atoms with Crippen LogP contribution in [-0.2, 0) is 16.1 Å². The fraction of sp³-hybridized carbons (Fsp3) is 0.438. The first-order chi connectivity index (χ1) is 10.5. The molecule has 0 atom stereocenters. The maximum atomic E-state index is 12.4. The molecule has 0 bridgehead atoms. The zero-order valence-electron chi connectivity index (χ0n) is 13.2. The van der Waals surface area contributed by atoms with Crippen LogP contribution in [0.1, 0.15) is 25.3 Å². The molecule has 2 rings (SSSR count). The van der Waals surface area contributed by atoms with Crippen LogP contribution in [0.3, 0.4) is 0 Å². The predicted octanol–water partition coefficient (Wildman–Crippen LogP) is 1.65. The lowest BCUT2D eigenvalue weighted by Crippen LogP contribution is -2.38. The quantitative estimate of drug-likeness (QED) is 0.831. The van der Waals surface area contributed by atoms with E-state index in [0.717, 1.165) is 11.3 Å². The maximum Gasteiger partial charge on any atom is 0.270 e. The lowest BCUT2D eigenvalue weighted by molar-refractivity contribution is -0.130. The monoisotopic (exact) mass is 303 g/mol. The zero-order chi connectivity index (χ0) is 16.1.